The summed E-state index contributed by atoms with van der Waals surface area (Å²) in [6.07, 6.45) is 4.49. The van der Waals surface area contributed by atoms with E-state index in [1.165, 1.54) is 25.8 Å². The van der Waals surface area contributed by atoms with Crippen molar-refractivity contribution in [2.45, 2.75) is 25.7 Å². The molecule has 2 fully saturated rings. The van der Waals surface area contributed by atoms with Gasteiger partial charge in [0.15, 0.2) is 0 Å². The van der Waals surface area contributed by atoms with E-state index in [2.05, 4.69) is 4.90 Å². The first-order chi connectivity index (χ1) is 10.6. The summed E-state index contributed by atoms with van der Waals surface area (Å²) in [7, 11) is 0. The van der Waals surface area contributed by atoms with E-state index in [4.69, 9.17) is 11.6 Å². The van der Waals surface area contributed by atoms with E-state index in [0.717, 1.165) is 37.7 Å². The first kappa shape index (κ1) is 15.6. The summed E-state index contributed by atoms with van der Waals surface area (Å²) in [5.41, 5.74) is 0.852. The van der Waals surface area contributed by atoms with Crippen molar-refractivity contribution in [3.05, 3.63) is 28.8 Å². The molecule has 1 N–H and O–H groups in total. The zero-order chi connectivity index (χ0) is 15.5. The molecule has 5 heteroatoms. The van der Waals surface area contributed by atoms with E-state index in [-0.39, 0.29) is 11.7 Å². The Morgan fingerprint density at radius 3 is 2.55 bits per heavy atom. The van der Waals surface area contributed by atoms with E-state index in [0.29, 0.717) is 11.4 Å². The number of phenolic OH excluding ortho intramolecular Hbond substituents is 1. The minimum absolute atomic E-state index is 0.0578. The lowest BCUT2D eigenvalue weighted by Gasteiger charge is -2.38. The van der Waals surface area contributed by atoms with Crippen LogP contribution < -0.4 is 0 Å². The van der Waals surface area contributed by atoms with E-state index >= 15 is 0 Å². The average molecular weight is 323 g/mol. The van der Waals surface area contributed by atoms with Crippen LogP contribution >= 0.6 is 11.6 Å². The Labute approximate surface area is 136 Å². The molecule has 1 saturated heterocycles. The quantitative estimate of drug-likeness (QED) is 0.926. The van der Waals surface area contributed by atoms with Crippen molar-refractivity contribution in [2.75, 3.05) is 32.7 Å². The topological polar surface area (TPSA) is 43.8 Å². The van der Waals surface area contributed by atoms with Crippen molar-refractivity contribution in [1.82, 2.24) is 9.80 Å². The summed E-state index contributed by atoms with van der Waals surface area (Å²) < 4.78 is 0. The van der Waals surface area contributed by atoms with E-state index in [9.17, 15) is 9.90 Å². The Hall–Kier alpha value is -1.26. The van der Waals surface area contributed by atoms with Crippen molar-refractivity contribution >= 4 is 17.5 Å². The summed E-state index contributed by atoms with van der Waals surface area (Å²) >= 11 is 5.89. The molecule has 1 amide bonds. The largest absolute Gasteiger partial charge is 0.506 e. The first-order valence-corrected chi connectivity index (χ1v) is 8.47. The van der Waals surface area contributed by atoms with Gasteiger partial charge in [0.05, 0.1) is 11.4 Å². The normalized spacial score (nSPS) is 20.0. The Balaban J connectivity index is 1.47. The monoisotopic (exact) mass is 322 g/mol. The Kier molecular flexibility index (Phi) is 4.89. The smallest absolute Gasteiger partial charge is 0.227 e. The maximum atomic E-state index is 12.4. The van der Waals surface area contributed by atoms with Gasteiger partial charge in [-0.05, 0) is 36.5 Å². The van der Waals surface area contributed by atoms with Gasteiger partial charge in [-0.3, -0.25) is 9.69 Å². The fraction of sp³-hybridized carbons (Fsp3) is 0.588. The highest BCUT2D eigenvalue weighted by molar-refractivity contribution is 6.32. The first-order valence-electron chi connectivity index (χ1n) is 8.09. The molecule has 0 unspecified atom stereocenters. The van der Waals surface area contributed by atoms with Gasteiger partial charge < -0.3 is 10.0 Å². The molecule has 1 aromatic carbocycles. The molecule has 1 aromatic rings. The zero-order valence-corrected chi connectivity index (χ0v) is 13.6. The lowest BCUT2D eigenvalue weighted by molar-refractivity contribution is -0.132. The summed E-state index contributed by atoms with van der Waals surface area (Å²) in [4.78, 5) is 16.8. The van der Waals surface area contributed by atoms with Gasteiger partial charge in [-0.2, -0.15) is 0 Å². The van der Waals surface area contributed by atoms with Crippen LogP contribution in [0.1, 0.15) is 24.8 Å². The van der Waals surface area contributed by atoms with Crippen LogP contribution in [0.5, 0.6) is 5.75 Å². The third-order valence-electron chi connectivity index (χ3n) is 4.83. The van der Waals surface area contributed by atoms with Gasteiger partial charge in [0.25, 0.3) is 0 Å². The van der Waals surface area contributed by atoms with Crippen LogP contribution in [0.3, 0.4) is 0 Å². The second-order valence-electron chi connectivity index (χ2n) is 6.44. The number of rotatable bonds is 4. The molecule has 3 rings (SSSR count). The number of hydrogen-bond donors (Lipinski definition) is 1. The standard InChI is InChI=1S/C17H23ClN2O2/c18-15-10-14(4-5-16(15)21)11-17(22)20-8-6-19(7-9-20)12-13-2-1-3-13/h4-5,10,13,21H,1-3,6-9,11-12H2. The lowest BCUT2D eigenvalue weighted by atomic mass is 9.85. The number of halogens is 1. The van der Waals surface area contributed by atoms with Crippen LogP contribution in [0.2, 0.25) is 5.02 Å². The maximum absolute atomic E-state index is 12.4. The van der Waals surface area contributed by atoms with Crippen LogP contribution in [0.25, 0.3) is 0 Å². The molecule has 1 heterocycles. The lowest BCUT2D eigenvalue weighted by Crippen LogP contribution is -2.50. The molecule has 0 aromatic heterocycles. The van der Waals surface area contributed by atoms with Gasteiger partial charge in [-0.15, -0.1) is 0 Å². The van der Waals surface area contributed by atoms with Gasteiger partial charge in [0.1, 0.15) is 5.75 Å². The van der Waals surface area contributed by atoms with Gasteiger partial charge in [0.2, 0.25) is 5.91 Å². The summed E-state index contributed by atoms with van der Waals surface area (Å²) in [5, 5.41) is 9.72. The van der Waals surface area contributed by atoms with Crippen molar-refractivity contribution < 1.29 is 9.90 Å². The minimum atomic E-state index is 0.0578. The fourth-order valence-corrected chi connectivity index (χ4v) is 3.37. The Morgan fingerprint density at radius 2 is 1.95 bits per heavy atom. The van der Waals surface area contributed by atoms with Crippen LogP contribution in [0.15, 0.2) is 18.2 Å². The molecule has 1 aliphatic heterocycles. The third kappa shape index (κ3) is 3.73. The van der Waals surface area contributed by atoms with Crippen molar-refractivity contribution in [1.29, 1.82) is 0 Å². The van der Waals surface area contributed by atoms with E-state index < -0.39 is 0 Å². The molecule has 0 bridgehead atoms. The highest BCUT2D eigenvalue weighted by atomic mass is 35.5. The molecule has 2 aliphatic rings. The number of phenols is 1. The molecular weight excluding hydrogens is 300 g/mol. The SMILES string of the molecule is O=C(Cc1ccc(O)c(Cl)c1)N1CCN(CC2CCC2)CC1. The average Bonchev–Trinajstić information content (AvgIpc) is 2.47. The van der Waals surface area contributed by atoms with Gasteiger partial charge in [0, 0.05) is 32.7 Å². The molecule has 22 heavy (non-hydrogen) atoms. The molecule has 4 nitrogen and oxygen atoms in total. The Morgan fingerprint density at radius 1 is 1.23 bits per heavy atom. The molecule has 0 spiro atoms. The molecular formula is C17H23ClN2O2. The second kappa shape index (κ2) is 6.88. The van der Waals surface area contributed by atoms with Crippen LogP contribution in [-0.2, 0) is 11.2 Å². The number of piperazine rings is 1. The zero-order valence-electron chi connectivity index (χ0n) is 12.8. The van der Waals surface area contributed by atoms with Gasteiger partial charge in [-0.25, -0.2) is 0 Å². The third-order valence-corrected chi connectivity index (χ3v) is 5.14. The molecule has 1 saturated carbocycles. The van der Waals surface area contributed by atoms with E-state index in [1.807, 2.05) is 4.90 Å². The number of benzene rings is 1. The summed E-state index contributed by atoms with van der Waals surface area (Å²) in [6.45, 7) is 4.81. The number of carbonyl (C=O) groups is 1. The maximum Gasteiger partial charge on any atom is 0.227 e. The van der Waals surface area contributed by atoms with Crippen LogP contribution in [0.4, 0.5) is 0 Å². The minimum Gasteiger partial charge on any atom is -0.506 e. The molecule has 1 aliphatic carbocycles. The predicted molar refractivity (Wildman–Crippen MR) is 87.2 cm³/mol. The molecule has 0 radical (unpaired) electrons. The van der Waals surface area contributed by atoms with Crippen molar-refractivity contribution in [2.24, 2.45) is 5.92 Å². The number of hydrogen-bond acceptors (Lipinski definition) is 3. The van der Waals surface area contributed by atoms with E-state index in [1.54, 1.807) is 18.2 Å². The molecule has 120 valence electrons. The highest BCUT2D eigenvalue weighted by Gasteiger charge is 2.25. The Bertz CT molecular complexity index is 537. The number of carbonyl (C=O) groups excluding carboxylic acids is 1. The summed E-state index contributed by atoms with van der Waals surface area (Å²) in [5.74, 6) is 1.09. The number of amides is 1. The predicted octanol–water partition coefficient (Wildman–Crippen LogP) is 2.53. The van der Waals surface area contributed by atoms with Gasteiger partial charge in [-0.1, -0.05) is 24.1 Å². The second-order valence-corrected chi connectivity index (χ2v) is 6.85. The number of aromatic hydroxyl groups is 1. The number of nitrogens with zero attached hydrogens (tertiary/aromatic N) is 2. The van der Waals surface area contributed by atoms with Crippen LogP contribution in [0, 0.1) is 5.92 Å². The van der Waals surface area contributed by atoms with Crippen molar-refractivity contribution in [3.63, 3.8) is 0 Å². The summed E-state index contributed by atoms with van der Waals surface area (Å²) in [6, 6.07) is 4.97. The molecule has 0 atom stereocenters. The highest BCUT2D eigenvalue weighted by Crippen LogP contribution is 2.27. The van der Waals surface area contributed by atoms with Gasteiger partial charge >= 0.3 is 0 Å². The van der Waals surface area contributed by atoms with Crippen LogP contribution in [-0.4, -0.2) is 53.5 Å². The fourth-order valence-electron chi connectivity index (χ4n) is 3.17. The van der Waals surface area contributed by atoms with Crippen molar-refractivity contribution in [3.8, 4) is 5.75 Å².